The molecule has 2 aromatic rings. The van der Waals surface area contributed by atoms with Crippen LogP contribution >= 0.6 is 11.8 Å². The van der Waals surface area contributed by atoms with Gasteiger partial charge in [0.15, 0.2) is 0 Å². The zero-order valence-electron chi connectivity index (χ0n) is 12.7. The monoisotopic (exact) mass is 332 g/mol. The van der Waals surface area contributed by atoms with E-state index in [1.54, 1.807) is 24.1 Å². The lowest BCUT2D eigenvalue weighted by atomic mass is 10.0. The van der Waals surface area contributed by atoms with Gasteiger partial charge in [-0.05, 0) is 29.9 Å². The van der Waals surface area contributed by atoms with Crippen molar-refractivity contribution in [3.63, 3.8) is 0 Å². The number of carbonyl (C=O) groups excluding carboxylic acids is 1. The minimum Gasteiger partial charge on any atom is -0.467 e. The van der Waals surface area contributed by atoms with E-state index < -0.39 is 5.60 Å². The molecule has 2 amide bonds. The number of hydrogen-bond acceptors (Lipinski definition) is 4. The van der Waals surface area contributed by atoms with E-state index in [4.69, 9.17) is 4.42 Å². The van der Waals surface area contributed by atoms with E-state index in [9.17, 15) is 9.90 Å². The fraction of sp³-hybridized carbons (Fsp3) is 0.353. The second-order valence-electron chi connectivity index (χ2n) is 5.71. The van der Waals surface area contributed by atoms with Crippen LogP contribution in [0.5, 0.6) is 0 Å². The van der Waals surface area contributed by atoms with Gasteiger partial charge in [-0.15, -0.1) is 0 Å². The van der Waals surface area contributed by atoms with E-state index in [0.717, 1.165) is 11.3 Å². The smallest absolute Gasteiger partial charge is 0.315 e. The number of hydrogen-bond donors (Lipinski definition) is 3. The van der Waals surface area contributed by atoms with Crippen LogP contribution in [0, 0.1) is 0 Å². The van der Waals surface area contributed by atoms with Crippen molar-refractivity contribution in [2.24, 2.45) is 0 Å². The molecule has 6 heteroatoms. The standard InChI is InChI=1S/C17H20N2O3S/c20-16(18-11-17(21)8-10-23-12-17)19-15(14-7-4-9-22-14)13-5-2-1-3-6-13/h1-7,9,15,21H,8,10-12H2,(H2,18,19,20). The van der Waals surface area contributed by atoms with Crippen LogP contribution in [-0.4, -0.2) is 34.8 Å². The van der Waals surface area contributed by atoms with Gasteiger partial charge >= 0.3 is 6.03 Å². The highest BCUT2D eigenvalue weighted by molar-refractivity contribution is 7.99. The molecule has 1 aliphatic rings. The van der Waals surface area contributed by atoms with Gasteiger partial charge in [0.05, 0.1) is 11.9 Å². The van der Waals surface area contributed by atoms with Gasteiger partial charge in [0.25, 0.3) is 0 Å². The molecule has 0 saturated carbocycles. The van der Waals surface area contributed by atoms with Crippen molar-refractivity contribution >= 4 is 17.8 Å². The number of rotatable bonds is 5. The first-order chi connectivity index (χ1) is 11.2. The zero-order chi connectivity index (χ0) is 16.1. The molecule has 0 bridgehead atoms. The minimum absolute atomic E-state index is 0.255. The predicted octanol–water partition coefficient (Wildman–Crippen LogP) is 2.54. The van der Waals surface area contributed by atoms with Crippen LogP contribution in [0.2, 0.25) is 0 Å². The highest BCUT2D eigenvalue weighted by Gasteiger charge is 2.32. The van der Waals surface area contributed by atoms with Crippen molar-refractivity contribution in [1.82, 2.24) is 10.6 Å². The third-order valence-electron chi connectivity index (χ3n) is 3.90. The minimum atomic E-state index is -0.797. The third kappa shape index (κ3) is 4.09. The van der Waals surface area contributed by atoms with Gasteiger partial charge in [0, 0.05) is 12.3 Å². The molecule has 2 atom stereocenters. The maximum absolute atomic E-state index is 12.2. The van der Waals surface area contributed by atoms with Gasteiger partial charge in [-0.2, -0.15) is 11.8 Å². The van der Waals surface area contributed by atoms with Crippen molar-refractivity contribution in [3.8, 4) is 0 Å². The molecule has 2 unspecified atom stereocenters. The van der Waals surface area contributed by atoms with Crippen LogP contribution in [0.15, 0.2) is 53.1 Å². The fourth-order valence-corrected chi connectivity index (χ4v) is 3.88. The van der Waals surface area contributed by atoms with Gasteiger partial charge in [-0.25, -0.2) is 4.79 Å². The summed E-state index contributed by atoms with van der Waals surface area (Å²) in [5, 5.41) is 16.0. The Morgan fingerprint density at radius 2 is 2.13 bits per heavy atom. The molecule has 1 saturated heterocycles. The summed E-state index contributed by atoms with van der Waals surface area (Å²) >= 11 is 1.70. The molecule has 0 spiro atoms. The van der Waals surface area contributed by atoms with Gasteiger partial charge in [0.2, 0.25) is 0 Å². The number of benzene rings is 1. The summed E-state index contributed by atoms with van der Waals surface area (Å²) in [5.74, 6) is 2.26. The molecule has 3 rings (SSSR count). The molecule has 1 fully saturated rings. The van der Waals surface area contributed by atoms with Crippen LogP contribution in [-0.2, 0) is 0 Å². The number of nitrogens with one attached hydrogen (secondary N) is 2. The van der Waals surface area contributed by atoms with Crippen LogP contribution in [0.3, 0.4) is 0 Å². The molecule has 1 aromatic carbocycles. The Labute approximate surface area is 139 Å². The lowest BCUT2D eigenvalue weighted by Gasteiger charge is -2.23. The van der Waals surface area contributed by atoms with Gasteiger partial charge in [0.1, 0.15) is 11.8 Å². The lowest BCUT2D eigenvalue weighted by molar-refractivity contribution is 0.0699. The van der Waals surface area contributed by atoms with E-state index in [2.05, 4.69) is 10.6 Å². The molecular weight excluding hydrogens is 312 g/mol. The lowest BCUT2D eigenvalue weighted by Crippen LogP contribution is -2.47. The molecule has 1 aromatic heterocycles. The first-order valence-electron chi connectivity index (χ1n) is 7.59. The Morgan fingerprint density at radius 3 is 2.78 bits per heavy atom. The molecule has 122 valence electrons. The van der Waals surface area contributed by atoms with E-state index in [1.165, 1.54) is 0 Å². The molecule has 3 N–H and O–H groups in total. The SMILES string of the molecule is O=C(NCC1(O)CCSC1)NC(c1ccccc1)c1ccco1. The summed E-state index contributed by atoms with van der Waals surface area (Å²) < 4.78 is 5.45. The average Bonchev–Trinajstić information content (AvgIpc) is 3.24. The highest BCUT2D eigenvalue weighted by atomic mass is 32.2. The fourth-order valence-electron chi connectivity index (χ4n) is 2.58. The Morgan fingerprint density at radius 1 is 1.30 bits per heavy atom. The molecular formula is C17H20N2O3S. The zero-order valence-corrected chi connectivity index (χ0v) is 13.5. The summed E-state index contributed by atoms with van der Waals surface area (Å²) in [6.45, 7) is 0.255. The van der Waals surface area contributed by atoms with Crippen LogP contribution < -0.4 is 10.6 Å². The summed E-state index contributed by atoms with van der Waals surface area (Å²) in [6.07, 6.45) is 2.29. The topological polar surface area (TPSA) is 74.5 Å². The van der Waals surface area contributed by atoms with Crippen molar-refractivity contribution in [2.45, 2.75) is 18.1 Å². The highest BCUT2D eigenvalue weighted by Crippen LogP contribution is 2.27. The first kappa shape index (κ1) is 16.0. The van der Waals surface area contributed by atoms with E-state index in [-0.39, 0.29) is 18.6 Å². The van der Waals surface area contributed by atoms with Crippen molar-refractivity contribution in [3.05, 3.63) is 60.1 Å². The molecule has 1 aliphatic heterocycles. The summed E-state index contributed by atoms with van der Waals surface area (Å²) in [5.41, 5.74) is 0.141. The van der Waals surface area contributed by atoms with Gasteiger partial charge in [-0.3, -0.25) is 0 Å². The van der Waals surface area contributed by atoms with E-state index in [1.807, 2.05) is 36.4 Å². The largest absolute Gasteiger partial charge is 0.467 e. The summed E-state index contributed by atoms with van der Waals surface area (Å²) in [7, 11) is 0. The number of amides is 2. The first-order valence-corrected chi connectivity index (χ1v) is 8.75. The number of furan rings is 1. The normalized spacial score (nSPS) is 21.8. The van der Waals surface area contributed by atoms with Gasteiger partial charge < -0.3 is 20.2 Å². The number of urea groups is 1. The van der Waals surface area contributed by atoms with E-state index >= 15 is 0 Å². The van der Waals surface area contributed by atoms with Crippen LogP contribution in [0.4, 0.5) is 4.79 Å². The number of thioether (sulfide) groups is 1. The Hall–Kier alpha value is -1.92. The second kappa shape index (κ2) is 7.10. The Kier molecular flexibility index (Phi) is 4.93. The maximum atomic E-state index is 12.2. The summed E-state index contributed by atoms with van der Waals surface area (Å²) in [6, 6.07) is 12.6. The molecule has 2 heterocycles. The number of aliphatic hydroxyl groups is 1. The van der Waals surface area contributed by atoms with Gasteiger partial charge in [-0.1, -0.05) is 30.3 Å². The number of carbonyl (C=O) groups is 1. The average molecular weight is 332 g/mol. The Bertz CT molecular complexity index is 625. The Balaban J connectivity index is 1.65. The molecule has 0 radical (unpaired) electrons. The summed E-state index contributed by atoms with van der Waals surface area (Å²) in [4.78, 5) is 12.2. The van der Waals surface area contributed by atoms with E-state index in [0.29, 0.717) is 17.9 Å². The third-order valence-corrected chi connectivity index (χ3v) is 5.13. The van der Waals surface area contributed by atoms with Crippen molar-refractivity contribution in [2.75, 3.05) is 18.1 Å². The van der Waals surface area contributed by atoms with Crippen LogP contribution in [0.1, 0.15) is 23.8 Å². The van der Waals surface area contributed by atoms with Crippen molar-refractivity contribution < 1.29 is 14.3 Å². The molecule has 23 heavy (non-hydrogen) atoms. The second-order valence-corrected chi connectivity index (χ2v) is 6.82. The molecule has 5 nitrogen and oxygen atoms in total. The predicted molar refractivity (Wildman–Crippen MR) is 90.4 cm³/mol. The molecule has 0 aliphatic carbocycles. The maximum Gasteiger partial charge on any atom is 0.315 e. The quantitative estimate of drug-likeness (QED) is 0.786. The van der Waals surface area contributed by atoms with Crippen molar-refractivity contribution in [1.29, 1.82) is 0 Å². The van der Waals surface area contributed by atoms with Crippen LogP contribution in [0.25, 0.3) is 0 Å².